The van der Waals surface area contributed by atoms with Crippen molar-refractivity contribution in [3.8, 4) is 17.5 Å². The van der Waals surface area contributed by atoms with Crippen molar-refractivity contribution in [3.63, 3.8) is 0 Å². The van der Waals surface area contributed by atoms with Crippen molar-refractivity contribution < 1.29 is 9.34 Å². The minimum absolute atomic E-state index is 0.0218. The quantitative estimate of drug-likeness (QED) is 0.403. The topological polar surface area (TPSA) is 93.0 Å². The zero-order chi connectivity index (χ0) is 16.2. The summed E-state index contributed by atoms with van der Waals surface area (Å²) in [6.07, 6.45) is 3.14. The fraction of sp³-hybridized carbons (Fsp3) is 0. The van der Waals surface area contributed by atoms with Crippen molar-refractivity contribution in [1.29, 1.82) is 5.26 Å². The van der Waals surface area contributed by atoms with Crippen molar-refractivity contribution in [2.45, 2.75) is 0 Å². The largest absolute Gasteiger partial charge is 0.463 e. The van der Waals surface area contributed by atoms with Crippen LogP contribution in [0.3, 0.4) is 0 Å². The summed E-state index contributed by atoms with van der Waals surface area (Å²) >= 11 is 1.31. The summed E-state index contributed by atoms with van der Waals surface area (Å²) in [6.45, 7) is 0. The molecule has 0 aliphatic carbocycles. The molecule has 0 aliphatic rings. The Morgan fingerprint density at radius 1 is 1.39 bits per heavy atom. The summed E-state index contributed by atoms with van der Waals surface area (Å²) in [7, 11) is 0. The van der Waals surface area contributed by atoms with E-state index in [0.717, 1.165) is 0 Å². The Kier molecular flexibility index (Phi) is 3.99. The standard InChI is InChI=1S/C16H9N3O3S/c17-9-12(7-11-3-1-4-13(8-11)19(20)21)16-18-14(10-23-16)15-5-2-6-22-15/h1-8,10H/b12-7+. The van der Waals surface area contributed by atoms with Crippen LogP contribution in [0.25, 0.3) is 23.1 Å². The molecule has 0 saturated carbocycles. The van der Waals surface area contributed by atoms with Gasteiger partial charge in [0.2, 0.25) is 0 Å². The van der Waals surface area contributed by atoms with E-state index >= 15 is 0 Å². The normalized spacial score (nSPS) is 11.2. The van der Waals surface area contributed by atoms with E-state index in [1.807, 2.05) is 0 Å². The van der Waals surface area contributed by atoms with Gasteiger partial charge in [-0.25, -0.2) is 4.98 Å². The zero-order valence-corrected chi connectivity index (χ0v) is 12.5. The fourth-order valence-corrected chi connectivity index (χ4v) is 2.75. The van der Waals surface area contributed by atoms with Gasteiger partial charge in [-0.1, -0.05) is 12.1 Å². The highest BCUT2D eigenvalue weighted by Crippen LogP contribution is 2.27. The first kappa shape index (κ1) is 14.7. The molecule has 112 valence electrons. The van der Waals surface area contributed by atoms with Crippen LogP contribution in [0.5, 0.6) is 0 Å². The van der Waals surface area contributed by atoms with E-state index < -0.39 is 4.92 Å². The van der Waals surface area contributed by atoms with Crippen LogP contribution >= 0.6 is 11.3 Å². The molecule has 6 nitrogen and oxygen atoms in total. The van der Waals surface area contributed by atoms with Crippen molar-refractivity contribution in [3.05, 3.63) is 68.7 Å². The van der Waals surface area contributed by atoms with Crippen LogP contribution < -0.4 is 0 Å². The molecule has 0 fully saturated rings. The molecule has 0 radical (unpaired) electrons. The molecule has 3 rings (SSSR count). The van der Waals surface area contributed by atoms with Crippen molar-refractivity contribution in [1.82, 2.24) is 4.98 Å². The Balaban J connectivity index is 1.95. The van der Waals surface area contributed by atoms with Crippen LogP contribution in [0.2, 0.25) is 0 Å². The molecule has 0 spiro atoms. The number of benzene rings is 1. The monoisotopic (exact) mass is 323 g/mol. The first-order chi connectivity index (χ1) is 11.2. The Labute approximate surface area is 135 Å². The summed E-state index contributed by atoms with van der Waals surface area (Å²) in [5.74, 6) is 0.625. The van der Waals surface area contributed by atoms with Gasteiger partial charge in [-0.05, 0) is 23.8 Å². The number of furan rings is 1. The Morgan fingerprint density at radius 3 is 2.96 bits per heavy atom. The third-order valence-electron chi connectivity index (χ3n) is 3.02. The van der Waals surface area contributed by atoms with Gasteiger partial charge in [0.05, 0.1) is 16.8 Å². The van der Waals surface area contributed by atoms with Crippen LogP contribution in [0.4, 0.5) is 5.69 Å². The number of nitro benzene ring substituents is 1. The number of hydrogen-bond acceptors (Lipinski definition) is 6. The lowest BCUT2D eigenvalue weighted by Gasteiger charge is -1.96. The number of thiazole rings is 1. The number of hydrogen-bond donors (Lipinski definition) is 0. The summed E-state index contributed by atoms with van der Waals surface area (Å²) in [5.41, 5.74) is 1.54. The van der Waals surface area contributed by atoms with Crippen molar-refractivity contribution in [2.24, 2.45) is 0 Å². The molecule has 0 bridgehead atoms. The van der Waals surface area contributed by atoms with Crippen molar-refractivity contribution in [2.75, 3.05) is 0 Å². The summed E-state index contributed by atoms with van der Waals surface area (Å²) in [5, 5.41) is 22.5. The number of non-ortho nitro benzene ring substituents is 1. The predicted molar refractivity (Wildman–Crippen MR) is 86.4 cm³/mol. The maximum Gasteiger partial charge on any atom is 0.270 e. The third-order valence-corrected chi connectivity index (χ3v) is 3.90. The highest BCUT2D eigenvalue weighted by atomic mass is 32.1. The van der Waals surface area contributed by atoms with E-state index in [9.17, 15) is 15.4 Å². The molecule has 3 aromatic rings. The molecule has 7 heteroatoms. The zero-order valence-electron chi connectivity index (χ0n) is 11.7. The number of rotatable bonds is 4. The molecule has 0 N–H and O–H groups in total. The van der Waals surface area contributed by atoms with Gasteiger partial charge in [0.1, 0.15) is 16.8 Å². The van der Waals surface area contributed by atoms with Gasteiger partial charge < -0.3 is 4.42 Å². The van der Waals surface area contributed by atoms with Crippen LogP contribution in [-0.2, 0) is 0 Å². The van der Waals surface area contributed by atoms with E-state index in [-0.39, 0.29) is 5.69 Å². The van der Waals surface area contributed by atoms with Crippen LogP contribution in [0.15, 0.2) is 52.5 Å². The lowest BCUT2D eigenvalue weighted by Crippen LogP contribution is -1.88. The average Bonchev–Trinajstić information content (AvgIpc) is 3.23. The lowest BCUT2D eigenvalue weighted by molar-refractivity contribution is -0.384. The second-order valence-electron chi connectivity index (χ2n) is 4.54. The van der Waals surface area contributed by atoms with E-state index in [0.29, 0.717) is 27.6 Å². The first-order valence-corrected chi connectivity index (χ1v) is 7.41. The van der Waals surface area contributed by atoms with Gasteiger partial charge in [-0.2, -0.15) is 5.26 Å². The minimum Gasteiger partial charge on any atom is -0.463 e. The lowest BCUT2D eigenvalue weighted by atomic mass is 10.1. The maximum atomic E-state index is 10.8. The molecular weight excluding hydrogens is 314 g/mol. The molecular formula is C16H9N3O3S. The number of nitrogens with zero attached hydrogens (tertiary/aromatic N) is 3. The third kappa shape index (κ3) is 3.17. The minimum atomic E-state index is -0.470. The number of aromatic nitrogens is 1. The second-order valence-corrected chi connectivity index (χ2v) is 5.40. The second kappa shape index (κ2) is 6.25. The molecule has 23 heavy (non-hydrogen) atoms. The van der Waals surface area contributed by atoms with E-state index in [1.165, 1.54) is 23.5 Å². The number of nitro groups is 1. The van der Waals surface area contributed by atoms with Crippen LogP contribution in [-0.4, -0.2) is 9.91 Å². The van der Waals surface area contributed by atoms with Gasteiger partial charge in [-0.3, -0.25) is 10.1 Å². The molecule has 2 aromatic heterocycles. The van der Waals surface area contributed by atoms with Gasteiger partial charge >= 0.3 is 0 Å². The number of nitriles is 1. The van der Waals surface area contributed by atoms with Gasteiger partial charge in [-0.15, -0.1) is 11.3 Å². The van der Waals surface area contributed by atoms with E-state index in [2.05, 4.69) is 11.1 Å². The Bertz CT molecular complexity index is 920. The fourth-order valence-electron chi connectivity index (χ4n) is 1.97. The number of allylic oxidation sites excluding steroid dienone is 1. The van der Waals surface area contributed by atoms with Gasteiger partial charge in [0.15, 0.2) is 5.76 Å². The Hall–Kier alpha value is -3.24. The molecule has 0 amide bonds. The summed E-state index contributed by atoms with van der Waals surface area (Å²) < 4.78 is 5.27. The molecule has 0 saturated heterocycles. The first-order valence-electron chi connectivity index (χ1n) is 6.53. The van der Waals surface area contributed by atoms with Gasteiger partial charge in [0.25, 0.3) is 5.69 Å². The Morgan fingerprint density at radius 2 is 2.26 bits per heavy atom. The van der Waals surface area contributed by atoms with Crippen LogP contribution in [0.1, 0.15) is 10.6 Å². The average molecular weight is 323 g/mol. The van der Waals surface area contributed by atoms with Crippen molar-refractivity contribution >= 4 is 28.7 Å². The van der Waals surface area contributed by atoms with E-state index in [4.69, 9.17) is 4.42 Å². The van der Waals surface area contributed by atoms with E-state index in [1.54, 1.807) is 42.0 Å². The van der Waals surface area contributed by atoms with Gasteiger partial charge in [0, 0.05) is 17.5 Å². The molecule has 1 aromatic carbocycles. The van der Waals surface area contributed by atoms with Crippen LogP contribution in [0, 0.1) is 21.4 Å². The predicted octanol–water partition coefficient (Wildman–Crippen LogP) is 4.38. The summed E-state index contributed by atoms with van der Waals surface area (Å²) in [6, 6.07) is 11.7. The SMILES string of the molecule is N#C/C(=C\c1cccc([N+](=O)[O-])c1)c1nc(-c2ccco2)cs1. The molecule has 0 aliphatic heterocycles. The maximum absolute atomic E-state index is 10.8. The molecule has 0 unspecified atom stereocenters. The summed E-state index contributed by atoms with van der Waals surface area (Å²) in [4.78, 5) is 14.7. The highest BCUT2D eigenvalue weighted by Gasteiger charge is 2.11. The smallest absolute Gasteiger partial charge is 0.270 e. The molecule has 0 atom stereocenters. The highest BCUT2D eigenvalue weighted by molar-refractivity contribution is 7.11. The molecule has 2 heterocycles.